The van der Waals surface area contributed by atoms with Crippen molar-refractivity contribution in [1.82, 2.24) is 15.1 Å². The summed E-state index contributed by atoms with van der Waals surface area (Å²) in [4.78, 5) is 29.7. The number of nitrogens with one attached hydrogen (secondary N) is 1. The van der Waals surface area contributed by atoms with Gasteiger partial charge in [0.25, 0.3) is 0 Å². The summed E-state index contributed by atoms with van der Waals surface area (Å²) in [6.07, 6.45) is 3.86. The number of hydrogen-bond acceptors (Lipinski definition) is 7. The Labute approximate surface area is 223 Å². The zero-order chi connectivity index (χ0) is 24.7. The van der Waals surface area contributed by atoms with E-state index in [1.54, 1.807) is 0 Å². The van der Waals surface area contributed by atoms with Crippen molar-refractivity contribution in [2.75, 3.05) is 51.3 Å². The van der Waals surface area contributed by atoms with Gasteiger partial charge in [-0.1, -0.05) is 29.3 Å². The molecule has 3 rings (SSSR count). The monoisotopic (exact) mass is 547 g/mol. The fraction of sp³-hybridized carbons (Fsp3) is 0.667. The Bertz CT molecular complexity index is 848. The van der Waals surface area contributed by atoms with E-state index in [1.165, 1.54) is 7.11 Å². The number of carbonyl (C=O) groups is 2. The third-order valence-electron chi connectivity index (χ3n) is 7.02. The molecule has 10 heteroatoms. The van der Waals surface area contributed by atoms with Crippen molar-refractivity contribution in [3.63, 3.8) is 0 Å². The van der Waals surface area contributed by atoms with E-state index in [2.05, 4.69) is 40.4 Å². The molecule has 1 N–H and O–H groups in total. The molecule has 34 heavy (non-hydrogen) atoms. The second-order valence-electron chi connectivity index (χ2n) is 9.03. The van der Waals surface area contributed by atoms with Crippen molar-refractivity contribution < 1.29 is 14.3 Å². The lowest BCUT2D eigenvalue weighted by atomic mass is 9.76. The summed E-state index contributed by atoms with van der Waals surface area (Å²) in [5, 5.41) is 3.91. The molecule has 0 saturated carbocycles. The molecule has 6 nitrogen and oxygen atoms in total. The molecule has 2 heterocycles. The van der Waals surface area contributed by atoms with Crippen molar-refractivity contribution in [3.05, 3.63) is 33.8 Å². The molecule has 1 aromatic carbocycles. The molecular formula is C24H35Cl2N3O3S2. The minimum absolute atomic E-state index is 0.0177. The number of benzene rings is 1. The molecule has 2 aliphatic heterocycles. The number of esters is 1. The van der Waals surface area contributed by atoms with Crippen LogP contribution in [-0.2, 0) is 14.3 Å². The Morgan fingerprint density at radius 1 is 1.18 bits per heavy atom. The molecule has 0 radical (unpaired) electrons. The maximum atomic E-state index is 12.9. The van der Waals surface area contributed by atoms with E-state index in [0.717, 1.165) is 50.9 Å². The van der Waals surface area contributed by atoms with Crippen molar-refractivity contribution in [2.45, 2.75) is 43.7 Å². The average Bonchev–Trinajstić information content (AvgIpc) is 3.09. The first-order valence-corrected chi connectivity index (χ1v) is 13.9. The Balaban J connectivity index is 1.66. The normalized spacial score (nSPS) is 24.4. The Hall–Kier alpha value is -0.640. The molecule has 2 aliphatic rings. The molecular weight excluding hydrogens is 513 g/mol. The summed E-state index contributed by atoms with van der Waals surface area (Å²) in [5.74, 6) is 1.01. The average molecular weight is 549 g/mol. The number of carbonyl (C=O) groups excluding carboxylic acids is 2. The van der Waals surface area contributed by atoms with Crippen LogP contribution in [0.1, 0.15) is 37.2 Å². The Morgan fingerprint density at radius 2 is 1.97 bits per heavy atom. The third kappa shape index (κ3) is 6.98. The first kappa shape index (κ1) is 27.9. The third-order valence-corrected chi connectivity index (χ3v) is 8.18. The lowest BCUT2D eigenvalue weighted by Crippen LogP contribution is -2.51. The van der Waals surface area contributed by atoms with Gasteiger partial charge < -0.3 is 10.1 Å². The minimum Gasteiger partial charge on any atom is -0.469 e. The molecule has 2 saturated heterocycles. The van der Waals surface area contributed by atoms with E-state index < -0.39 is 0 Å². The smallest absolute Gasteiger partial charge is 0.310 e. The van der Waals surface area contributed by atoms with Gasteiger partial charge in [-0.2, -0.15) is 25.3 Å². The second kappa shape index (κ2) is 13.6. The van der Waals surface area contributed by atoms with Gasteiger partial charge in [0.1, 0.15) is 0 Å². The number of nitrogens with zero attached hydrogens (tertiary/aromatic N) is 2. The summed E-state index contributed by atoms with van der Waals surface area (Å²) in [6.45, 7) is 3.39. The van der Waals surface area contributed by atoms with Crippen LogP contribution in [0.15, 0.2) is 18.2 Å². The highest BCUT2D eigenvalue weighted by atomic mass is 35.5. The molecule has 0 aromatic heterocycles. The van der Waals surface area contributed by atoms with Crippen molar-refractivity contribution >= 4 is 60.3 Å². The van der Waals surface area contributed by atoms with Gasteiger partial charge in [-0.25, -0.2) is 0 Å². The molecule has 1 aromatic rings. The molecule has 0 spiro atoms. The predicted octanol–water partition coefficient (Wildman–Crippen LogP) is 3.77. The van der Waals surface area contributed by atoms with Gasteiger partial charge in [0.2, 0.25) is 5.91 Å². The van der Waals surface area contributed by atoms with Crippen molar-refractivity contribution in [2.24, 2.45) is 5.92 Å². The van der Waals surface area contributed by atoms with E-state index in [0.29, 0.717) is 40.7 Å². The maximum Gasteiger partial charge on any atom is 0.310 e. The number of piperidine rings is 1. The number of methoxy groups -OCH3 is 1. The largest absolute Gasteiger partial charge is 0.469 e. The lowest BCUT2D eigenvalue weighted by molar-refractivity contribution is -0.150. The number of rotatable bonds is 12. The Kier molecular flexibility index (Phi) is 11.2. The molecule has 1 amide bonds. The second-order valence-corrected chi connectivity index (χ2v) is 10.7. The zero-order valence-corrected chi connectivity index (χ0v) is 22.9. The van der Waals surface area contributed by atoms with Crippen LogP contribution in [0.4, 0.5) is 0 Å². The lowest BCUT2D eigenvalue weighted by Gasteiger charge is -2.44. The SMILES string of the molecule is COC(=O)[C@H]1C(c2ccc(Cl)c(Cl)c2)CC2CCC1N2CCCN(CCS)CC(=O)NCCS. The van der Waals surface area contributed by atoms with Gasteiger partial charge in [-0.05, 0) is 56.5 Å². The van der Waals surface area contributed by atoms with Crippen molar-refractivity contribution in [1.29, 1.82) is 0 Å². The first-order valence-electron chi connectivity index (χ1n) is 11.9. The molecule has 3 unspecified atom stereocenters. The summed E-state index contributed by atoms with van der Waals surface area (Å²) in [5.41, 5.74) is 1.05. The summed E-state index contributed by atoms with van der Waals surface area (Å²) in [7, 11) is 1.47. The van der Waals surface area contributed by atoms with Crippen LogP contribution in [0.25, 0.3) is 0 Å². The predicted molar refractivity (Wildman–Crippen MR) is 145 cm³/mol. The highest BCUT2D eigenvalue weighted by Crippen LogP contribution is 2.48. The highest BCUT2D eigenvalue weighted by Gasteiger charge is 2.50. The van der Waals surface area contributed by atoms with Crippen LogP contribution in [0, 0.1) is 5.92 Å². The van der Waals surface area contributed by atoms with E-state index in [1.807, 2.05) is 18.2 Å². The van der Waals surface area contributed by atoms with Gasteiger partial charge in [-0.3, -0.25) is 19.4 Å². The molecule has 2 fully saturated rings. The first-order chi connectivity index (χ1) is 16.4. The van der Waals surface area contributed by atoms with Crippen LogP contribution < -0.4 is 5.32 Å². The topological polar surface area (TPSA) is 61.9 Å². The minimum atomic E-state index is -0.235. The van der Waals surface area contributed by atoms with Crippen molar-refractivity contribution in [3.8, 4) is 0 Å². The van der Waals surface area contributed by atoms with Crippen LogP contribution in [-0.4, -0.2) is 85.1 Å². The van der Waals surface area contributed by atoms with Crippen LogP contribution in [0.2, 0.25) is 10.0 Å². The van der Waals surface area contributed by atoms with Crippen LogP contribution in [0.5, 0.6) is 0 Å². The molecule has 190 valence electrons. The zero-order valence-electron chi connectivity index (χ0n) is 19.6. The van der Waals surface area contributed by atoms with E-state index in [-0.39, 0.29) is 29.8 Å². The molecule has 2 bridgehead atoms. The fourth-order valence-electron chi connectivity index (χ4n) is 5.55. The van der Waals surface area contributed by atoms with E-state index >= 15 is 0 Å². The number of amides is 1. The highest BCUT2D eigenvalue weighted by molar-refractivity contribution is 7.80. The van der Waals surface area contributed by atoms with Crippen LogP contribution >= 0.6 is 48.5 Å². The Morgan fingerprint density at radius 3 is 2.65 bits per heavy atom. The fourth-order valence-corrected chi connectivity index (χ4v) is 6.25. The van der Waals surface area contributed by atoms with Gasteiger partial charge >= 0.3 is 5.97 Å². The number of fused-ring (bicyclic) bond motifs is 2. The summed E-state index contributed by atoms with van der Waals surface area (Å²) < 4.78 is 5.25. The van der Waals surface area contributed by atoms with E-state index in [4.69, 9.17) is 27.9 Å². The number of hydrogen-bond donors (Lipinski definition) is 3. The van der Waals surface area contributed by atoms with Crippen LogP contribution in [0.3, 0.4) is 0 Å². The number of ether oxygens (including phenoxy) is 1. The number of thiol groups is 2. The number of halogens is 2. The van der Waals surface area contributed by atoms with Gasteiger partial charge in [0.15, 0.2) is 0 Å². The summed E-state index contributed by atoms with van der Waals surface area (Å²) in [6, 6.07) is 6.25. The van der Waals surface area contributed by atoms with Gasteiger partial charge in [0, 0.05) is 42.6 Å². The van der Waals surface area contributed by atoms with Gasteiger partial charge in [0.05, 0.1) is 29.6 Å². The summed E-state index contributed by atoms with van der Waals surface area (Å²) >= 11 is 20.9. The quantitative estimate of drug-likeness (QED) is 0.274. The molecule has 0 aliphatic carbocycles. The van der Waals surface area contributed by atoms with E-state index in [9.17, 15) is 9.59 Å². The maximum absolute atomic E-state index is 12.9. The van der Waals surface area contributed by atoms with Gasteiger partial charge in [-0.15, -0.1) is 0 Å². The molecule has 4 atom stereocenters. The standard InChI is InChI=1S/C24H35Cl2N3O3S2/c1-32-24(31)23-18(16-3-5-19(25)20(26)13-16)14-17-4-6-21(23)29(17)9-2-8-28(10-12-34)15-22(30)27-7-11-33/h3,5,13,17-18,21,23,33-34H,2,4,6-12,14-15H2,1H3,(H,27,30)/t17?,18?,21?,23-/m0/s1.